The van der Waals surface area contributed by atoms with Crippen LogP contribution in [0.25, 0.3) is 0 Å². The number of nitro benzene ring substituents is 1. The number of rotatable bonds is 5. The van der Waals surface area contributed by atoms with Crippen molar-refractivity contribution in [3.63, 3.8) is 0 Å². The Labute approximate surface area is 110 Å². The Morgan fingerprint density at radius 2 is 2.05 bits per heavy atom. The molecule has 0 radical (unpaired) electrons. The summed E-state index contributed by atoms with van der Waals surface area (Å²) >= 11 is 0. The minimum Gasteiger partial charge on any atom is -0.292 e. The maximum atomic E-state index is 10.6. The van der Waals surface area contributed by atoms with Gasteiger partial charge in [0.25, 0.3) is 5.69 Å². The third-order valence-electron chi connectivity index (χ3n) is 2.60. The third kappa shape index (κ3) is 3.99. The van der Waals surface area contributed by atoms with E-state index in [1.54, 1.807) is 30.7 Å². The molecule has 5 heteroatoms. The van der Waals surface area contributed by atoms with Crippen molar-refractivity contribution in [2.45, 2.75) is 6.42 Å². The molecule has 96 valence electrons. The molecule has 0 fully saturated rings. The zero-order chi connectivity index (χ0) is 13.5. The van der Waals surface area contributed by atoms with Gasteiger partial charge in [-0.3, -0.25) is 20.1 Å². The highest BCUT2D eigenvalue weighted by Gasteiger charge is 2.03. The molecule has 2 aromatic rings. The summed E-state index contributed by atoms with van der Waals surface area (Å²) in [6.45, 7) is 0.646. The molecular weight excluding hydrogens is 242 g/mol. The van der Waals surface area contributed by atoms with Gasteiger partial charge in [0.05, 0.1) is 4.92 Å². The van der Waals surface area contributed by atoms with Crippen molar-refractivity contribution >= 4 is 11.9 Å². The van der Waals surface area contributed by atoms with E-state index in [0.29, 0.717) is 6.54 Å². The monoisotopic (exact) mass is 255 g/mol. The number of hydrogen-bond donors (Lipinski definition) is 0. The van der Waals surface area contributed by atoms with Crippen molar-refractivity contribution in [2.75, 3.05) is 6.54 Å². The number of nitrogens with zero attached hydrogens (tertiary/aromatic N) is 3. The molecular formula is C14H13N3O2. The summed E-state index contributed by atoms with van der Waals surface area (Å²) in [5, 5.41) is 10.6. The zero-order valence-electron chi connectivity index (χ0n) is 10.3. The van der Waals surface area contributed by atoms with Gasteiger partial charge in [-0.1, -0.05) is 12.1 Å². The summed E-state index contributed by atoms with van der Waals surface area (Å²) in [4.78, 5) is 18.4. The average Bonchev–Trinajstić information content (AvgIpc) is 2.45. The Hall–Kier alpha value is -2.56. The molecule has 0 spiro atoms. The highest BCUT2D eigenvalue weighted by Crippen LogP contribution is 2.11. The summed E-state index contributed by atoms with van der Waals surface area (Å²) in [5.41, 5.74) is 1.99. The highest BCUT2D eigenvalue weighted by molar-refractivity contribution is 5.80. The molecule has 1 aromatic heterocycles. The molecule has 1 aromatic carbocycles. The van der Waals surface area contributed by atoms with Gasteiger partial charge in [-0.15, -0.1) is 0 Å². The fraction of sp³-hybridized carbons (Fsp3) is 0.143. The number of aromatic nitrogens is 1. The standard InChI is InChI=1S/C14H13N3O2/c18-17(19)14-3-1-2-13(10-14)11-16-9-6-12-4-7-15-8-5-12/h1-5,7-8,10-11H,6,9H2. The van der Waals surface area contributed by atoms with Crippen molar-refractivity contribution in [3.8, 4) is 0 Å². The van der Waals surface area contributed by atoms with E-state index < -0.39 is 4.92 Å². The lowest BCUT2D eigenvalue weighted by atomic mass is 10.2. The Morgan fingerprint density at radius 1 is 1.26 bits per heavy atom. The van der Waals surface area contributed by atoms with Crippen LogP contribution in [0.5, 0.6) is 0 Å². The van der Waals surface area contributed by atoms with E-state index in [2.05, 4.69) is 9.98 Å². The molecule has 1 heterocycles. The fourth-order valence-corrected chi connectivity index (χ4v) is 1.63. The van der Waals surface area contributed by atoms with Gasteiger partial charge in [0, 0.05) is 37.3 Å². The summed E-state index contributed by atoms with van der Waals surface area (Å²) < 4.78 is 0. The van der Waals surface area contributed by atoms with Gasteiger partial charge in [-0.2, -0.15) is 0 Å². The first kappa shape index (κ1) is 12.9. The van der Waals surface area contributed by atoms with Gasteiger partial charge < -0.3 is 0 Å². The van der Waals surface area contributed by atoms with Gasteiger partial charge in [-0.05, 0) is 29.7 Å². The molecule has 0 unspecified atom stereocenters. The first-order chi connectivity index (χ1) is 9.25. The van der Waals surface area contributed by atoms with Crippen LogP contribution >= 0.6 is 0 Å². The van der Waals surface area contributed by atoms with E-state index >= 15 is 0 Å². The number of pyridine rings is 1. The molecule has 0 atom stereocenters. The highest BCUT2D eigenvalue weighted by atomic mass is 16.6. The second-order valence-electron chi connectivity index (χ2n) is 3.99. The van der Waals surface area contributed by atoms with Gasteiger partial charge in [0.1, 0.15) is 0 Å². The van der Waals surface area contributed by atoms with Crippen molar-refractivity contribution in [1.29, 1.82) is 0 Å². The van der Waals surface area contributed by atoms with E-state index in [1.165, 1.54) is 17.7 Å². The number of nitro groups is 1. The lowest BCUT2D eigenvalue weighted by Gasteiger charge is -1.97. The molecule has 0 amide bonds. The molecule has 0 aliphatic rings. The predicted molar refractivity (Wildman–Crippen MR) is 73.5 cm³/mol. The maximum Gasteiger partial charge on any atom is 0.270 e. The summed E-state index contributed by atoms with van der Waals surface area (Å²) in [5.74, 6) is 0. The molecule has 0 aliphatic carbocycles. The largest absolute Gasteiger partial charge is 0.292 e. The third-order valence-corrected chi connectivity index (χ3v) is 2.60. The van der Waals surface area contributed by atoms with Crippen molar-refractivity contribution in [1.82, 2.24) is 4.98 Å². The van der Waals surface area contributed by atoms with Crippen molar-refractivity contribution in [3.05, 3.63) is 70.0 Å². The zero-order valence-corrected chi connectivity index (χ0v) is 10.3. The first-order valence-electron chi connectivity index (χ1n) is 5.89. The maximum absolute atomic E-state index is 10.6. The molecule has 0 saturated heterocycles. The summed E-state index contributed by atoms with van der Waals surface area (Å²) in [7, 11) is 0. The van der Waals surface area contributed by atoms with E-state index in [0.717, 1.165) is 12.0 Å². The molecule has 0 N–H and O–H groups in total. The Morgan fingerprint density at radius 3 is 2.79 bits per heavy atom. The Bertz CT molecular complexity index is 582. The van der Waals surface area contributed by atoms with E-state index in [9.17, 15) is 10.1 Å². The molecule has 0 saturated carbocycles. The molecule has 0 aliphatic heterocycles. The molecule has 0 bridgehead atoms. The van der Waals surface area contributed by atoms with Crippen molar-refractivity contribution < 1.29 is 4.92 Å². The molecule has 2 rings (SSSR count). The minimum absolute atomic E-state index is 0.0816. The minimum atomic E-state index is -0.408. The van der Waals surface area contributed by atoms with Crippen molar-refractivity contribution in [2.24, 2.45) is 4.99 Å². The van der Waals surface area contributed by atoms with Crippen LogP contribution in [0.4, 0.5) is 5.69 Å². The predicted octanol–water partition coefficient (Wildman–Crippen LogP) is 2.65. The molecule has 5 nitrogen and oxygen atoms in total. The van der Waals surface area contributed by atoms with E-state index in [1.807, 2.05) is 12.1 Å². The fourth-order valence-electron chi connectivity index (χ4n) is 1.63. The normalized spacial score (nSPS) is 10.7. The lowest BCUT2D eigenvalue weighted by molar-refractivity contribution is -0.384. The second kappa shape index (κ2) is 6.39. The SMILES string of the molecule is O=[N+]([O-])c1cccc(C=NCCc2ccncc2)c1. The lowest BCUT2D eigenvalue weighted by Crippen LogP contribution is -1.92. The second-order valence-corrected chi connectivity index (χ2v) is 3.99. The first-order valence-corrected chi connectivity index (χ1v) is 5.89. The number of aliphatic imine (C=N–C) groups is 1. The average molecular weight is 255 g/mol. The van der Waals surface area contributed by atoms with E-state index in [4.69, 9.17) is 0 Å². The summed E-state index contributed by atoms with van der Waals surface area (Å²) in [6.07, 6.45) is 5.99. The van der Waals surface area contributed by atoms with Crippen LogP contribution in [0, 0.1) is 10.1 Å². The number of non-ortho nitro benzene ring substituents is 1. The quantitative estimate of drug-likeness (QED) is 0.468. The van der Waals surface area contributed by atoms with Crippen LogP contribution in [-0.2, 0) is 6.42 Å². The smallest absolute Gasteiger partial charge is 0.270 e. The van der Waals surface area contributed by atoms with Crippen LogP contribution in [0.1, 0.15) is 11.1 Å². The van der Waals surface area contributed by atoms with Crippen LogP contribution in [0.3, 0.4) is 0 Å². The summed E-state index contributed by atoms with van der Waals surface area (Å²) in [6, 6.07) is 10.3. The Balaban J connectivity index is 1.92. The van der Waals surface area contributed by atoms with Gasteiger partial charge in [0.15, 0.2) is 0 Å². The van der Waals surface area contributed by atoms with E-state index in [-0.39, 0.29) is 5.69 Å². The number of benzene rings is 1. The van der Waals surface area contributed by atoms with Gasteiger partial charge in [0.2, 0.25) is 0 Å². The van der Waals surface area contributed by atoms with Crippen LogP contribution in [0.2, 0.25) is 0 Å². The topological polar surface area (TPSA) is 68.4 Å². The molecule has 19 heavy (non-hydrogen) atoms. The van der Waals surface area contributed by atoms with Crippen LogP contribution in [-0.4, -0.2) is 22.7 Å². The van der Waals surface area contributed by atoms with Gasteiger partial charge >= 0.3 is 0 Å². The Kier molecular flexibility index (Phi) is 4.34. The van der Waals surface area contributed by atoms with Crippen LogP contribution in [0.15, 0.2) is 53.8 Å². The van der Waals surface area contributed by atoms with Crippen LogP contribution < -0.4 is 0 Å². The van der Waals surface area contributed by atoms with Gasteiger partial charge in [-0.25, -0.2) is 0 Å². The number of hydrogen-bond acceptors (Lipinski definition) is 4.